The lowest BCUT2D eigenvalue weighted by Gasteiger charge is -2.34. The van der Waals surface area contributed by atoms with Crippen LogP contribution in [0, 0.1) is 5.92 Å². The number of carbonyl (C=O) groups is 1. The van der Waals surface area contributed by atoms with E-state index in [1.54, 1.807) is 0 Å². The van der Waals surface area contributed by atoms with Crippen LogP contribution >= 0.6 is 0 Å². The van der Waals surface area contributed by atoms with Gasteiger partial charge in [-0.3, -0.25) is 0 Å². The highest BCUT2D eigenvalue weighted by molar-refractivity contribution is 5.53. The summed E-state index contributed by atoms with van der Waals surface area (Å²) in [7, 11) is 1.99. The van der Waals surface area contributed by atoms with Crippen molar-refractivity contribution < 1.29 is 10.0 Å². The van der Waals surface area contributed by atoms with Crippen molar-refractivity contribution in [3.63, 3.8) is 0 Å². The molecule has 1 atom stereocenters. The van der Waals surface area contributed by atoms with Crippen LogP contribution in [0.25, 0.3) is 0 Å². The topological polar surface area (TPSA) is 67.8 Å². The van der Waals surface area contributed by atoms with Gasteiger partial charge in [0.25, 0.3) is 0 Å². The van der Waals surface area contributed by atoms with Crippen molar-refractivity contribution in [3.8, 4) is 0 Å². The molecule has 0 saturated heterocycles. The van der Waals surface area contributed by atoms with Gasteiger partial charge in [0.15, 0.2) is 0 Å². The molecule has 0 aromatic heterocycles. The molecule has 0 aliphatic heterocycles. The maximum Gasteiger partial charge on any atom is 0.139 e. The van der Waals surface area contributed by atoms with Gasteiger partial charge in [0.2, 0.25) is 0 Å². The highest BCUT2D eigenvalue weighted by Gasteiger charge is 2.31. The van der Waals surface area contributed by atoms with Crippen LogP contribution < -0.4 is 10.8 Å². The monoisotopic (exact) mass is 464 g/mol. The van der Waals surface area contributed by atoms with Crippen molar-refractivity contribution in [2.24, 2.45) is 5.92 Å². The molecular weight excluding hydrogens is 424 g/mol. The van der Waals surface area contributed by atoms with E-state index in [1.807, 2.05) is 7.05 Å². The van der Waals surface area contributed by atoms with E-state index in [-0.39, 0.29) is 6.04 Å². The van der Waals surface area contributed by atoms with E-state index in [9.17, 15) is 4.79 Å². The Morgan fingerprint density at radius 2 is 1.76 bits per heavy atom. The number of likely N-dealkylation sites (N-methyl/N-ethyl adjacent to an activating group) is 2. The summed E-state index contributed by atoms with van der Waals surface area (Å²) in [5.41, 5.74) is 8.58. The highest BCUT2D eigenvalue weighted by atomic mass is 16.5. The van der Waals surface area contributed by atoms with E-state index in [0.717, 1.165) is 50.9 Å². The molecule has 1 aliphatic carbocycles. The minimum atomic E-state index is 0.112. The lowest BCUT2D eigenvalue weighted by atomic mass is 9.93. The first kappa shape index (κ1) is 26.1. The van der Waals surface area contributed by atoms with Crippen LogP contribution in [-0.2, 0) is 30.6 Å². The van der Waals surface area contributed by atoms with Crippen LogP contribution in [0.15, 0.2) is 60.8 Å². The van der Waals surface area contributed by atoms with Gasteiger partial charge in [-0.25, -0.2) is 5.48 Å². The average molecular weight is 465 g/mol. The molecule has 34 heavy (non-hydrogen) atoms. The lowest BCUT2D eigenvalue weighted by Crippen LogP contribution is -2.42. The Kier molecular flexibility index (Phi) is 10.3. The fraction of sp³-hybridized carbons (Fsp3) is 0.464. The van der Waals surface area contributed by atoms with Crippen molar-refractivity contribution in [3.05, 3.63) is 83.1 Å². The molecule has 1 unspecified atom stereocenters. The zero-order valence-corrected chi connectivity index (χ0v) is 20.7. The number of benzene rings is 2. The quantitative estimate of drug-likeness (QED) is 0.278. The predicted molar refractivity (Wildman–Crippen MR) is 138 cm³/mol. The summed E-state index contributed by atoms with van der Waals surface area (Å²) in [5, 5.41) is 12.4. The number of aldehydes is 1. The molecule has 6 heteroatoms. The molecule has 0 fully saturated rings. The molecule has 184 valence electrons. The molecule has 0 bridgehead atoms. The first-order valence-electron chi connectivity index (χ1n) is 12.4. The third kappa shape index (κ3) is 6.76. The van der Waals surface area contributed by atoms with Gasteiger partial charge < -0.3 is 25.1 Å². The molecule has 3 N–H and O–H groups in total. The highest BCUT2D eigenvalue weighted by Crippen LogP contribution is 2.32. The molecule has 0 amide bonds. The second-order valence-corrected chi connectivity index (χ2v) is 9.10. The van der Waals surface area contributed by atoms with E-state index in [2.05, 4.69) is 82.6 Å². The number of hydrogen-bond acceptors (Lipinski definition) is 6. The Bertz CT molecular complexity index is 907. The number of hydrogen-bond donors (Lipinski definition) is 3. The smallest absolute Gasteiger partial charge is 0.139 e. The van der Waals surface area contributed by atoms with E-state index in [0.29, 0.717) is 25.6 Å². The Hall–Kier alpha value is -2.51. The molecule has 0 radical (unpaired) electrons. The fourth-order valence-electron chi connectivity index (χ4n) is 5.15. The van der Waals surface area contributed by atoms with Gasteiger partial charge in [0.1, 0.15) is 6.29 Å². The number of hydroxylamine groups is 1. The second-order valence-electron chi connectivity index (χ2n) is 9.10. The van der Waals surface area contributed by atoms with Crippen LogP contribution in [-0.4, -0.2) is 67.1 Å². The van der Waals surface area contributed by atoms with Crippen molar-refractivity contribution in [1.29, 1.82) is 0 Å². The van der Waals surface area contributed by atoms with Gasteiger partial charge in [-0.15, -0.1) is 0 Å². The number of fused-ring (bicyclic) bond motifs is 1. The first-order valence-corrected chi connectivity index (χ1v) is 12.4. The van der Waals surface area contributed by atoms with Crippen molar-refractivity contribution in [2.75, 3.05) is 39.8 Å². The van der Waals surface area contributed by atoms with Gasteiger partial charge >= 0.3 is 0 Å². The molecular formula is C28H40N4O2. The number of carbonyl (C=O) groups excluding carboxylic acids is 1. The normalized spacial score (nSPS) is 14.2. The van der Waals surface area contributed by atoms with E-state index in [1.165, 1.54) is 22.3 Å². The minimum Gasteiger partial charge on any atom is -0.363 e. The second kappa shape index (κ2) is 13.4. The standard InChI is InChI=1S/C28H40N4O2/c1-4-31(16-14-30-34)15-13-23-9-5-8-12-26(23)21-32(17-18-33)22(2)28(29-3)27-19-24-10-6-7-11-25(24)20-27/h5-12,18,27-30,34H,2,4,13-17,19-21H2,1,3H3. The molecule has 0 spiro atoms. The third-order valence-electron chi connectivity index (χ3n) is 7.09. The summed E-state index contributed by atoms with van der Waals surface area (Å²) in [5.74, 6) is 0.428. The van der Waals surface area contributed by atoms with Crippen LogP contribution in [0.4, 0.5) is 0 Å². The Morgan fingerprint density at radius 1 is 1.12 bits per heavy atom. The zero-order valence-electron chi connectivity index (χ0n) is 20.7. The van der Waals surface area contributed by atoms with E-state index in [4.69, 9.17) is 5.21 Å². The SMILES string of the molecule is C=C(C(NC)C1Cc2ccccc2C1)N(CC=O)Cc1ccccc1CCN(CC)CCNO. The molecule has 2 aromatic rings. The van der Waals surface area contributed by atoms with Crippen molar-refractivity contribution in [1.82, 2.24) is 20.6 Å². The zero-order chi connectivity index (χ0) is 24.3. The Morgan fingerprint density at radius 3 is 2.35 bits per heavy atom. The van der Waals surface area contributed by atoms with Gasteiger partial charge in [-0.1, -0.05) is 62.0 Å². The van der Waals surface area contributed by atoms with Crippen LogP contribution in [0.5, 0.6) is 0 Å². The molecule has 6 nitrogen and oxygen atoms in total. The van der Waals surface area contributed by atoms with Crippen LogP contribution in [0.2, 0.25) is 0 Å². The Labute approximate surface area is 204 Å². The predicted octanol–water partition coefficient (Wildman–Crippen LogP) is 3.05. The number of nitrogens with one attached hydrogen (secondary N) is 2. The van der Waals surface area contributed by atoms with E-state index >= 15 is 0 Å². The summed E-state index contributed by atoms with van der Waals surface area (Å²) in [4.78, 5) is 16.1. The summed E-state index contributed by atoms with van der Waals surface area (Å²) in [6.07, 6.45) is 3.96. The van der Waals surface area contributed by atoms with Gasteiger partial charge in [0.05, 0.1) is 6.54 Å². The summed E-state index contributed by atoms with van der Waals surface area (Å²) >= 11 is 0. The van der Waals surface area contributed by atoms with Crippen LogP contribution in [0.1, 0.15) is 29.2 Å². The van der Waals surface area contributed by atoms with Gasteiger partial charge in [-0.05, 0) is 61.0 Å². The fourth-order valence-corrected chi connectivity index (χ4v) is 5.15. The maximum absolute atomic E-state index is 11.6. The van der Waals surface area contributed by atoms with Crippen molar-refractivity contribution >= 4 is 6.29 Å². The van der Waals surface area contributed by atoms with Gasteiger partial charge in [0, 0.05) is 37.9 Å². The molecule has 2 aromatic carbocycles. The average Bonchev–Trinajstić information content (AvgIpc) is 3.29. The largest absolute Gasteiger partial charge is 0.363 e. The lowest BCUT2D eigenvalue weighted by molar-refractivity contribution is -0.108. The minimum absolute atomic E-state index is 0.112. The number of rotatable bonds is 15. The summed E-state index contributed by atoms with van der Waals surface area (Å²) in [6, 6.07) is 17.3. The molecule has 1 aliphatic rings. The number of nitrogens with zero attached hydrogens (tertiary/aromatic N) is 2. The Balaban J connectivity index is 1.70. The summed E-state index contributed by atoms with van der Waals surface area (Å²) in [6.45, 7) is 10.8. The molecule has 0 saturated carbocycles. The van der Waals surface area contributed by atoms with Crippen molar-refractivity contribution in [2.45, 2.75) is 38.8 Å². The molecule has 0 heterocycles. The first-order chi connectivity index (χ1) is 16.6. The van der Waals surface area contributed by atoms with Gasteiger partial charge in [-0.2, -0.15) is 0 Å². The van der Waals surface area contributed by atoms with E-state index < -0.39 is 0 Å². The van der Waals surface area contributed by atoms with Crippen LogP contribution in [0.3, 0.4) is 0 Å². The summed E-state index contributed by atoms with van der Waals surface area (Å²) < 4.78 is 0. The molecule has 3 rings (SSSR count). The maximum atomic E-state index is 11.6. The third-order valence-corrected chi connectivity index (χ3v) is 7.09.